The first kappa shape index (κ1) is 18.7. The first-order valence-electron chi connectivity index (χ1n) is 11.3. The Bertz CT molecular complexity index is 1660. The third-order valence-corrected chi connectivity index (χ3v) is 7.92. The Labute approximate surface area is 196 Å². The molecule has 1 aliphatic rings. The van der Waals surface area contributed by atoms with E-state index < -0.39 is 0 Å². The molecule has 0 fully saturated rings. The van der Waals surface area contributed by atoms with E-state index in [1.165, 1.54) is 59.2 Å². The number of fused-ring (bicyclic) bond motifs is 6. The molecule has 6 aromatic rings. The fourth-order valence-electron chi connectivity index (χ4n) is 5.15. The smallest absolute Gasteiger partial charge is 0.0880 e. The van der Waals surface area contributed by atoms with Gasteiger partial charge in [-0.3, -0.25) is 9.97 Å². The van der Waals surface area contributed by atoms with E-state index in [4.69, 9.17) is 4.98 Å². The molecule has 3 heteroatoms. The number of benzene rings is 3. The monoisotopic (exact) mass is 440 g/mol. The Morgan fingerprint density at radius 1 is 0.636 bits per heavy atom. The molecule has 0 radical (unpaired) electrons. The Morgan fingerprint density at radius 2 is 1.52 bits per heavy atom. The minimum Gasteiger partial charge on any atom is -0.261 e. The van der Waals surface area contributed by atoms with E-state index in [-0.39, 0.29) is 0 Å². The highest BCUT2D eigenvalue weighted by atomic mass is 32.1. The van der Waals surface area contributed by atoms with Gasteiger partial charge in [-0.2, -0.15) is 0 Å². The fourth-order valence-corrected chi connectivity index (χ4v) is 6.47. The van der Waals surface area contributed by atoms with Crippen LogP contribution >= 0.6 is 11.3 Å². The third kappa shape index (κ3) is 2.93. The van der Waals surface area contributed by atoms with Gasteiger partial charge in [0.15, 0.2) is 0 Å². The molecule has 3 aromatic heterocycles. The number of thiophene rings is 1. The van der Waals surface area contributed by atoms with E-state index in [9.17, 15) is 0 Å². The number of aromatic nitrogens is 2. The average molecular weight is 441 g/mol. The molecule has 156 valence electrons. The van der Waals surface area contributed by atoms with E-state index >= 15 is 0 Å². The number of nitrogens with zero attached hydrogens (tertiary/aromatic N) is 2. The Morgan fingerprint density at radius 3 is 2.45 bits per heavy atom. The Balaban J connectivity index is 1.51. The van der Waals surface area contributed by atoms with Crippen LogP contribution in [0, 0.1) is 0 Å². The van der Waals surface area contributed by atoms with Gasteiger partial charge in [-0.05, 0) is 59.0 Å². The molecule has 33 heavy (non-hydrogen) atoms. The van der Waals surface area contributed by atoms with E-state index in [2.05, 4.69) is 89.9 Å². The zero-order valence-electron chi connectivity index (χ0n) is 18.0. The van der Waals surface area contributed by atoms with Gasteiger partial charge < -0.3 is 0 Å². The lowest BCUT2D eigenvalue weighted by Gasteiger charge is -2.15. The SMILES string of the molecule is c1ccc(-c2cc(-c3nccc4c5c(sc34)CCc3ncccc3-5)cc3ccccc23)cc1. The van der Waals surface area contributed by atoms with Crippen molar-refractivity contribution in [2.45, 2.75) is 12.8 Å². The van der Waals surface area contributed by atoms with E-state index in [1.807, 2.05) is 23.7 Å². The van der Waals surface area contributed by atoms with Gasteiger partial charge in [0, 0.05) is 45.0 Å². The lowest BCUT2D eigenvalue weighted by Crippen LogP contribution is -2.02. The summed E-state index contributed by atoms with van der Waals surface area (Å²) < 4.78 is 1.27. The second kappa shape index (κ2) is 7.36. The second-order valence-corrected chi connectivity index (χ2v) is 9.65. The van der Waals surface area contributed by atoms with Crippen LogP contribution in [0.15, 0.2) is 97.3 Å². The number of pyridine rings is 2. The molecule has 0 saturated heterocycles. The molecule has 1 aliphatic carbocycles. The van der Waals surface area contributed by atoms with Crippen LogP contribution in [0.4, 0.5) is 0 Å². The molecule has 3 heterocycles. The molecule has 0 N–H and O–H groups in total. The average Bonchev–Trinajstić information content (AvgIpc) is 3.28. The zero-order valence-corrected chi connectivity index (χ0v) is 18.8. The maximum absolute atomic E-state index is 4.91. The van der Waals surface area contributed by atoms with Gasteiger partial charge >= 0.3 is 0 Å². The molecule has 0 amide bonds. The zero-order chi connectivity index (χ0) is 21.8. The quantitative estimate of drug-likeness (QED) is 0.273. The predicted molar refractivity (Wildman–Crippen MR) is 139 cm³/mol. The normalized spacial score (nSPS) is 12.6. The molecular formula is C30H20N2S. The molecule has 0 atom stereocenters. The van der Waals surface area contributed by atoms with E-state index in [0.29, 0.717) is 0 Å². The van der Waals surface area contributed by atoms with E-state index in [0.717, 1.165) is 18.5 Å². The van der Waals surface area contributed by atoms with Crippen molar-refractivity contribution in [3.05, 3.63) is 108 Å². The van der Waals surface area contributed by atoms with Crippen LogP contribution < -0.4 is 0 Å². The highest BCUT2D eigenvalue weighted by molar-refractivity contribution is 7.20. The van der Waals surface area contributed by atoms with Crippen LogP contribution in [-0.2, 0) is 12.8 Å². The fraction of sp³-hybridized carbons (Fsp3) is 0.0667. The molecule has 0 aliphatic heterocycles. The summed E-state index contributed by atoms with van der Waals surface area (Å²) in [7, 11) is 0. The minimum absolute atomic E-state index is 1.01. The largest absolute Gasteiger partial charge is 0.261 e. The topological polar surface area (TPSA) is 25.8 Å². The van der Waals surface area contributed by atoms with Crippen LogP contribution in [0.25, 0.3) is 54.4 Å². The summed E-state index contributed by atoms with van der Waals surface area (Å²) in [6.07, 6.45) is 5.93. The van der Waals surface area contributed by atoms with Gasteiger partial charge in [-0.1, -0.05) is 60.7 Å². The number of aryl methyl sites for hydroxylation is 2. The van der Waals surface area contributed by atoms with Crippen molar-refractivity contribution in [3.63, 3.8) is 0 Å². The third-order valence-electron chi connectivity index (χ3n) is 6.65. The summed E-state index contributed by atoms with van der Waals surface area (Å²) >= 11 is 1.90. The van der Waals surface area contributed by atoms with Gasteiger partial charge in [0.05, 0.1) is 10.4 Å². The van der Waals surface area contributed by atoms with Crippen molar-refractivity contribution >= 4 is 32.2 Å². The van der Waals surface area contributed by atoms with Gasteiger partial charge in [0.1, 0.15) is 0 Å². The highest BCUT2D eigenvalue weighted by Crippen LogP contribution is 2.46. The lowest BCUT2D eigenvalue weighted by molar-refractivity contribution is 0.914. The molecule has 0 saturated carbocycles. The van der Waals surface area contributed by atoms with Crippen LogP contribution in [0.3, 0.4) is 0 Å². The molecule has 3 aromatic carbocycles. The first-order valence-corrected chi connectivity index (χ1v) is 12.1. The summed E-state index contributed by atoms with van der Waals surface area (Å²) in [5.74, 6) is 0. The van der Waals surface area contributed by atoms with Crippen molar-refractivity contribution in [1.29, 1.82) is 0 Å². The van der Waals surface area contributed by atoms with Crippen LogP contribution in [0.1, 0.15) is 10.6 Å². The lowest BCUT2D eigenvalue weighted by atomic mass is 9.91. The highest BCUT2D eigenvalue weighted by Gasteiger charge is 2.24. The van der Waals surface area contributed by atoms with Crippen molar-refractivity contribution in [2.75, 3.05) is 0 Å². The molecule has 2 nitrogen and oxygen atoms in total. The molecule has 0 bridgehead atoms. The van der Waals surface area contributed by atoms with Crippen LogP contribution in [0.2, 0.25) is 0 Å². The Kier molecular flexibility index (Phi) is 4.18. The van der Waals surface area contributed by atoms with Crippen molar-refractivity contribution in [2.24, 2.45) is 0 Å². The molecule has 0 spiro atoms. The maximum atomic E-state index is 4.91. The van der Waals surface area contributed by atoms with Gasteiger partial charge in [-0.15, -0.1) is 11.3 Å². The first-order chi connectivity index (χ1) is 16.4. The van der Waals surface area contributed by atoms with E-state index in [1.54, 1.807) is 0 Å². The predicted octanol–water partition coefficient (Wildman–Crippen LogP) is 7.94. The second-order valence-electron chi connectivity index (χ2n) is 8.55. The Hall–Kier alpha value is -3.82. The number of rotatable bonds is 2. The standard InChI is InChI=1S/C30H20N2S/c1-2-7-19(8-3-1)25-18-21(17-20-9-4-5-10-22(20)25)29-30-24(14-16-32-29)28-23-11-6-15-31-26(23)12-13-27(28)33-30/h1-11,14-18H,12-13H2. The van der Waals surface area contributed by atoms with Crippen molar-refractivity contribution in [3.8, 4) is 33.5 Å². The summed E-state index contributed by atoms with van der Waals surface area (Å²) in [5.41, 5.74) is 8.57. The molecular weight excluding hydrogens is 420 g/mol. The number of hydrogen-bond acceptors (Lipinski definition) is 3. The number of hydrogen-bond donors (Lipinski definition) is 0. The van der Waals surface area contributed by atoms with Crippen LogP contribution in [-0.4, -0.2) is 9.97 Å². The van der Waals surface area contributed by atoms with Gasteiger partial charge in [0.2, 0.25) is 0 Å². The van der Waals surface area contributed by atoms with Crippen molar-refractivity contribution < 1.29 is 0 Å². The molecule has 7 rings (SSSR count). The minimum atomic E-state index is 1.01. The summed E-state index contributed by atoms with van der Waals surface area (Å²) in [5, 5.41) is 3.80. The van der Waals surface area contributed by atoms with Gasteiger partial charge in [-0.25, -0.2) is 0 Å². The van der Waals surface area contributed by atoms with Crippen LogP contribution in [0.5, 0.6) is 0 Å². The summed E-state index contributed by atoms with van der Waals surface area (Å²) in [6.45, 7) is 0. The van der Waals surface area contributed by atoms with Gasteiger partial charge in [0.25, 0.3) is 0 Å². The summed E-state index contributed by atoms with van der Waals surface area (Å²) in [6, 6.07) is 30.3. The molecule has 0 unspecified atom stereocenters. The maximum Gasteiger partial charge on any atom is 0.0880 e. The summed E-state index contributed by atoms with van der Waals surface area (Å²) in [4.78, 5) is 11.0. The van der Waals surface area contributed by atoms with Crippen molar-refractivity contribution in [1.82, 2.24) is 9.97 Å².